The van der Waals surface area contributed by atoms with Gasteiger partial charge < -0.3 is 10.6 Å². The first kappa shape index (κ1) is 14.4. The topological polar surface area (TPSA) is 24.1 Å². The van der Waals surface area contributed by atoms with Crippen LogP contribution >= 0.6 is 0 Å². The molecule has 0 aromatic heterocycles. The van der Waals surface area contributed by atoms with E-state index in [4.69, 9.17) is 0 Å². The van der Waals surface area contributed by atoms with Gasteiger partial charge in [0.05, 0.1) is 11.4 Å². The molecule has 0 saturated carbocycles. The maximum Gasteiger partial charge on any atom is 0.125 e. The molecular formula is C17H21FN2. The van der Waals surface area contributed by atoms with Crippen LogP contribution in [0.5, 0.6) is 0 Å². The fraction of sp³-hybridized carbons (Fsp3) is 0.294. The first-order valence-electron chi connectivity index (χ1n) is 7.15. The normalized spacial score (nSPS) is 10.3. The Hall–Kier alpha value is -2.03. The molecule has 2 rings (SSSR count). The summed E-state index contributed by atoms with van der Waals surface area (Å²) in [5.41, 5.74) is 2.70. The van der Waals surface area contributed by atoms with Crippen LogP contribution in [0, 0.1) is 5.82 Å². The molecule has 0 aliphatic carbocycles. The Morgan fingerprint density at radius 3 is 2.50 bits per heavy atom. The van der Waals surface area contributed by atoms with Crippen molar-refractivity contribution in [2.24, 2.45) is 0 Å². The van der Waals surface area contributed by atoms with Crippen LogP contribution in [0.2, 0.25) is 0 Å². The van der Waals surface area contributed by atoms with Gasteiger partial charge in [0.25, 0.3) is 0 Å². The van der Waals surface area contributed by atoms with Gasteiger partial charge in [0.15, 0.2) is 0 Å². The molecule has 0 amide bonds. The summed E-state index contributed by atoms with van der Waals surface area (Å²) in [6.07, 6.45) is 3.46. The number of halogens is 1. The number of benzene rings is 2. The van der Waals surface area contributed by atoms with Gasteiger partial charge in [-0.05, 0) is 36.8 Å². The van der Waals surface area contributed by atoms with Gasteiger partial charge in [-0.1, -0.05) is 38.0 Å². The number of nitrogens with one attached hydrogen (secondary N) is 2. The molecule has 0 saturated heterocycles. The Labute approximate surface area is 120 Å². The molecule has 0 aliphatic heterocycles. The van der Waals surface area contributed by atoms with Crippen molar-refractivity contribution in [3.63, 3.8) is 0 Å². The quantitative estimate of drug-likeness (QED) is 0.679. The molecule has 0 aliphatic rings. The molecule has 0 atom stereocenters. The maximum absolute atomic E-state index is 13.4. The molecule has 106 valence electrons. The number of rotatable bonds is 7. The molecule has 0 radical (unpaired) electrons. The van der Waals surface area contributed by atoms with Gasteiger partial charge in [-0.25, -0.2) is 4.39 Å². The Kier molecular flexibility index (Phi) is 5.42. The Balaban J connectivity index is 2.07. The molecule has 0 spiro atoms. The number of hydrogen-bond acceptors (Lipinski definition) is 2. The van der Waals surface area contributed by atoms with Crippen LogP contribution in [0.4, 0.5) is 21.5 Å². The third-order valence-corrected chi connectivity index (χ3v) is 3.13. The van der Waals surface area contributed by atoms with Crippen LogP contribution in [0.1, 0.15) is 26.2 Å². The van der Waals surface area contributed by atoms with E-state index in [1.807, 2.05) is 30.3 Å². The second-order valence-electron chi connectivity index (χ2n) is 4.81. The zero-order valence-corrected chi connectivity index (χ0v) is 11.8. The van der Waals surface area contributed by atoms with Gasteiger partial charge in [0.2, 0.25) is 0 Å². The van der Waals surface area contributed by atoms with Crippen LogP contribution in [-0.2, 0) is 0 Å². The van der Waals surface area contributed by atoms with E-state index in [-0.39, 0.29) is 5.82 Å². The second kappa shape index (κ2) is 7.53. The lowest BCUT2D eigenvalue weighted by atomic mass is 10.2. The zero-order valence-electron chi connectivity index (χ0n) is 11.8. The number of para-hydroxylation sites is 1. The third-order valence-electron chi connectivity index (χ3n) is 3.13. The summed E-state index contributed by atoms with van der Waals surface area (Å²) in [6, 6.07) is 14.7. The molecule has 20 heavy (non-hydrogen) atoms. The van der Waals surface area contributed by atoms with Gasteiger partial charge in [0.1, 0.15) is 5.82 Å². The SMILES string of the molecule is CCCCCNc1cc(F)ccc1Nc1ccccc1. The van der Waals surface area contributed by atoms with Gasteiger partial charge in [-0.3, -0.25) is 0 Å². The van der Waals surface area contributed by atoms with Crippen molar-refractivity contribution in [3.05, 3.63) is 54.3 Å². The van der Waals surface area contributed by atoms with E-state index in [0.29, 0.717) is 0 Å². The highest BCUT2D eigenvalue weighted by Gasteiger charge is 2.04. The van der Waals surface area contributed by atoms with Crippen LogP contribution < -0.4 is 10.6 Å². The molecule has 0 heterocycles. The zero-order chi connectivity index (χ0) is 14.2. The number of hydrogen-bond donors (Lipinski definition) is 2. The number of anilines is 3. The summed E-state index contributed by atoms with van der Waals surface area (Å²) in [7, 11) is 0. The highest BCUT2D eigenvalue weighted by atomic mass is 19.1. The first-order chi connectivity index (χ1) is 9.79. The van der Waals surface area contributed by atoms with Gasteiger partial charge in [-0.15, -0.1) is 0 Å². The van der Waals surface area contributed by atoms with Gasteiger partial charge in [0, 0.05) is 12.2 Å². The Bertz CT molecular complexity index is 526. The monoisotopic (exact) mass is 272 g/mol. The van der Waals surface area contributed by atoms with Crippen molar-refractivity contribution < 1.29 is 4.39 Å². The molecule has 2 aromatic rings. The largest absolute Gasteiger partial charge is 0.383 e. The van der Waals surface area contributed by atoms with E-state index in [9.17, 15) is 4.39 Å². The molecule has 2 aromatic carbocycles. The minimum Gasteiger partial charge on any atom is -0.383 e. The first-order valence-corrected chi connectivity index (χ1v) is 7.15. The van der Waals surface area contributed by atoms with Crippen molar-refractivity contribution >= 4 is 17.1 Å². The molecule has 2 N–H and O–H groups in total. The third kappa shape index (κ3) is 4.26. The summed E-state index contributed by atoms with van der Waals surface area (Å²) in [5, 5.41) is 6.62. The lowest BCUT2D eigenvalue weighted by Crippen LogP contribution is -2.04. The number of unbranched alkanes of at least 4 members (excludes halogenated alkanes) is 2. The molecule has 0 unspecified atom stereocenters. The molecule has 0 fully saturated rings. The summed E-state index contributed by atoms with van der Waals surface area (Å²) in [4.78, 5) is 0. The summed E-state index contributed by atoms with van der Waals surface area (Å²) < 4.78 is 13.4. The van der Waals surface area contributed by atoms with Crippen LogP contribution in [0.3, 0.4) is 0 Å². The Morgan fingerprint density at radius 2 is 1.75 bits per heavy atom. The Morgan fingerprint density at radius 1 is 0.950 bits per heavy atom. The molecule has 3 heteroatoms. The molecule has 0 bridgehead atoms. The maximum atomic E-state index is 13.4. The van der Waals surface area contributed by atoms with Crippen LogP contribution in [-0.4, -0.2) is 6.54 Å². The van der Waals surface area contributed by atoms with E-state index in [0.717, 1.165) is 30.0 Å². The van der Waals surface area contributed by atoms with E-state index in [2.05, 4.69) is 17.6 Å². The fourth-order valence-corrected chi connectivity index (χ4v) is 2.05. The van der Waals surface area contributed by atoms with Crippen molar-refractivity contribution in [3.8, 4) is 0 Å². The van der Waals surface area contributed by atoms with Crippen molar-refractivity contribution in [2.75, 3.05) is 17.2 Å². The standard InChI is InChI=1S/C17H21FN2/c1-2-3-7-12-19-17-13-14(18)10-11-16(17)20-15-8-5-4-6-9-15/h4-6,8-11,13,19-20H,2-3,7,12H2,1H3. The predicted octanol–water partition coefficient (Wildman–Crippen LogP) is 5.17. The minimum atomic E-state index is -0.221. The molecular weight excluding hydrogens is 251 g/mol. The van der Waals surface area contributed by atoms with Gasteiger partial charge in [-0.2, -0.15) is 0 Å². The highest BCUT2D eigenvalue weighted by Crippen LogP contribution is 2.26. The minimum absolute atomic E-state index is 0.221. The van der Waals surface area contributed by atoms with E-state index < -0.39 is 0 Å². The van der Waals surface area contributed by atoms with E-state index >= 15 is 0 Å². The van der Waals surface area contributed by atoms with Crippen molar-refractivity contribution in [1.29, 1.82) is 0 Å². The second-order valence-corrected chi connectivity index (χ2v) is 4.81. The van der Waals surface area contributed by atoms with Crippen LogP contribution in [0.25, 0.3) is 0 Å². The molecule has 2 nitrogen and oxygen atoms in total. The van der Waals surface area contributed by atoms with Gasteiger partial charge >= 0.3 is 0 Å². The van der Waals surface area contributed by atoms with E-state index in [1.165, 1.54) is 25.0 Å². The summed E-state index contributed by atoms with van der Waals surface area (Å²) in [5.74, 6) is -0.221. The lowest BCUT2D eigenvalue weighted by molar-refractivity contribution is 0.628. The smallest absolute Gasteiger partial charge is 0.125 e. The average molecular weight is 272 g/mol. The average Bonchev–Trinajstić information content (AvgIpc) is 2.47. The lowest BCUT2D eigenvalue weighted by Gasteiger charge is -2.14. The fourth-order valence-electron chi connectivity index (χ4n) is 2.05. The highest BCUT2D eigenvalue weighted by molar-refractivity contribution is 5.74. The van der Waals surface area contributed by atoms with Crippen molar-refractivity contribution in [2.45, 2.75) is 26.2 Å². The summed E-state index contributed by atoms with van der Waals surface area (Å²) >= 11 is 0. The predicted molar refractivity (Wildman–Crippen MR) is 84.1 cm³/mol. The van der Waals surface area contributed by atoms with Crippen LogP contribution in [0.15, 0.2) is 48.5 Å². The van der Waals surface area contributed by atoms with Crippen molar-refractivity contribution in [1.82, 2.24) is 0 Å². The summed E-state index contributed by atoms with van der Waals surface area (Å²) in [6.45, 7) is 3.03. The van der Waals surface area contributed by atoms with E-state index in [1.54, 1.807) is 6.07 Å².